The Balaban J connectivity index is 1.19. The van der Waals surface area contributed by atoms with Gasteiger partial charge in [-0.3, -0.25) is 24.0 Å². The summed E-state index contributed by atoms with van der Waals surface area (Å²) >= 11 is 0. The number of piperidine rings is 2. The van der Waals surface area contributed by atoms with Crippen molar-refractivity contribution in [3.63, 3.8) is 0 Å². The monoisotopic (exact) mass is 545 g/mol. The van der Waals surface area contributed by atoms with Gasteiger partial charge in [0.1, 0.15) is 17.8 Å². The maximum Gasteiger partial charge on any atom is 0.410 e. The fourth-order valence-corrected chi connectivity index (χ4v) is 5.60. The molecule has 0 aliphatic carbocycles. The van der Waals surface area contributed by atoms with Crippen LogP contribution < -0.4 is 15.9 Å². The SMILES string of the molecule is Cn1c(=O)n(C2CCC(=O)NC2=O)c2cccc(N3CC(CO[C@@H]4CCN(C(=O)OC(C)(C)C)C[C@@H]4F)C3)c21. The van der Waals surface area contributed by atoms with Gasteiger partial charge in [-0.05, 0) is 45.7 Å². The highest BCUT2D eigenvalue weighted by atomic mass is 19.1. The molecule has 3 aliphatic heterocycles. The van der Waals surface area contributed by atoms with Crippen molar-refractivity contribution >= 4 is 34.6 Å². The van der Waals surface area contributed by atoms with Gasteiger partial charge in [0.15, 0.2) is 0 Å². The summed E-state index contributed by atoms with van der Waals surface area (Å²) in [6, 6.07) is 4.88. The number of ether oxygens (including phenoxy) is 2. The molecule has 1 aromatic heterocycles. The van der Waals surface area contributed by atoms with E-state index in [0.29, 0.717) is 38.2 Å². The third kappa shape index (κ3) is 5.39. The number of para-hydroxylation sites is 1. The lowest BCUT2D eigenvalue weighted by molar-refractivity contribution is -0.135. The van der Waals surface area contributed by atoms with Crippen molar-refractivity contribution in [2.75, 3.05) is 37.7 Å². The molecule has 2 aromatic rings. The van der Waals surface area contributed by atoms with Crippen LogP contribution in [0.4, 0.5) is 14.9 Å². The number of amides is 3. The van der Waals surface area contributed by atoms with Crippen LogP contribution in [0, 0.1) is 5.92 Å². The number of anilines is 1. The minimum Gasteiger partial charge on any atom is -0.444 e. The van der Waals surface area contributed by atoms with Crippen LogP contribution >= 0.6 is 0 Å². The molecule has 3 atom stereocenters. The van der Waals surface area contributed by atoms with Crippen LogP contribution in [-0.2, 0) is 26.1 Å². The van der Waals surface area contributed by atoms with Crippen LogP contribution in [0.5, 0.6) is 0 Å². The number of halogens is 1. The molecule has 0 spiro atoms. The normalized spacial score (nSPS) is 24.6. The van der Waals surface area contributed by atoms with Crippen molar-refractivity contribution < 1.29 is 28.2 Å². The molecule has 3 aliphatic rings. The van der Waals surface area contributed by atoms with E-state index in [1.54, 1.807) is 32.4 Å². The molecular weight excluding hydrogens is 509 g/mol. The number of rotatable bonds is 5. The first-order valence-electron chi connectivity index (χ1n) is 13.4. The Morgan fingerprint density at radius 3 is 2.54 bits per heavy atom. The summed E-state index contributed by atoms with van der Waals surface area (Å²) < 4.78 is 29.1. The van der Waals surface area contributed by atoms with Crippen molar-refractivity contribution in [3.05, 3.63) is 28.7 Å². The Labute approximate surface area is 225 Å². The number of nitrogens with one attached hydrogen (secondary N) is 1. The largest absolute Gasteiger partial charge is 0.444 e. The molecule has 0 saturated carbocycles. The summed E-state index contributed by atoms with van der Waals surface area (Å²) in [6.07, 6.45) is -1.47. The van der Waals surface area contributed by atoms with Crippen molar-refractivity contribution in [1.82, 2.24) is 19.4 Å². The van der Waals surface area contributed by atoms with Crippen LogP contribution in [0.2, 0.25) is 0 Å². The molecule has 1 unspecified atom stereocenters. The van der Waals surface area contributed by atoms with E-state index in [-0.39, 0.29) is 36.9 Å². The summed E-state index contributed by atoms with van der Waals surface area (Å²) in [6.45, 7) is 7.46. The molecule has 3 amide bonds. The first-order chi connectivity index (χ1) is 18.4. The number of hydrogen-bond donors (Lipinski definition) is 1. The Morgan fingerprint density at radius 1 is 1.13 bits per heavy atom. The molecule has 1 N–H and O–H groups in total. The van der Waals surface area contributed by atoms with Crippen molar-refractivity contribution in [2.24, 2.45) is 13.0 Å². The zero-order valence-corrected chi connectivity index (χ0v) is 22.8. The number of aryl methyl sites for hydroxylation is 1. The van der Waals surface area contributed by atoms with Gasteiger partial charge < -0.3 is 19.3 Å². The number of nitrogens with zero attached hydrogens (tertiary/aromatic N) is 4. The molecule has 212 valence electrons. The van der Waals surface area contributed by atoms with E-state index in [9.17, 15) is 23.6 Å². The van der Waals surface area contributed by atoms with Gasteiger partial charge in [-0.1, -0.05) is 6.07 Å². The first-order valence-corrected chi connectivity index (χ1v) is 13.4. The standard InChI is InChI=1S/C27H36FN5O6/c1-27(2,3)39-26(37)31-11-10-21(17(28)14-31)38-15-16-12-32(13-16)18-6-5-7-19-23(18)30(4)25(36)33(19)20-8-9-22(34)29-24(20)35/h5-7,16-17,20-21H,8-15H2,1-4H3,(H,29,34,35)/t17-,20?,21+/m0/s1. The summed E-state index contributed by atoms with van der Waals surface area (Å²) in [5, 5.41) is 2.33. The van der Waals surface area contributed by atoms with Gasteiger partial charge in [-0.2, -0.15) is 0 Å². The number of carbonyl (C=O) groups is 3. The predicted molar refractivity (Wildman–Crippen MR) is 141 cm³/mol. The molecule has 5 rings (SSSR count). The van der Waals surface area contributed by atoms with Gasteiger partial charge in [-0.25, -0.2) is 14.0 Å². The van der Waals surface area contributed by atoms with Crippen LogP contribution in [-0.4, -0.2) is 82.6 Å². The van der Waals surface area contributed by atoms with Crippen LogP contribution in [0.3, 0.4) is 0 Å². The van der Waals surface area contributed by atoms with E-state index in [2.05, 4.69) is 10.2 Å². The smallest absolute Gasteiger partial charge is 0.410 e. The first kappa shape index (κ1) is 27.2. The van der Waals surface area contributed by atoms with E-state index in [1.807, 2.05) is 18.2 Å². The highest BCUT2D eigenvalue weighted by molar-refractivity contribution is 6.00. The summed E-state index contributed by atoms with van der Waals surface area (Å²) in [5.74, 6) is -0.590. The van der Waals surface area contributed by atoms with Gasteiger partial charge in [0.05, 0.1) is 36.0 Å². The van der Waals surface area contributed by atoms with E-state index < -0.39 is 35.9 Å². The molecule has 11 nitrogen and oxygen atoms in total. The number of imidazole rings is 1. The quantitative estimate of drug-likeness (QED) is 0.573. The lowest BCUT2D eigenvalue weighted by atomic mass is 9.99. The minimum absolute atomic E-state index is 0.0451. The van der Waals surface area contributed by atoms with E-state index >= 15 is 0 Å². The minimum atomic E-state index is -1.28. The maximum atomic E-state index is 14.8. The molecule has 1 aromatic carbocycles. The molecule has 0 bridgehead atoms. The molecule has 39 heavy (non-hydrogen) atoms. The van der Waals surface area contributed by atoms with Gasteiger partial charge in [0.25, 0.3) is 0 Å². The topological polar surface area (TPSA) is 115 Å². The van der Waals surface area contributed by atoms with Gasteiger partial charge in [-0.15, -0.1) is 0 Å². The molecular formula is C27H36FN5O6. The molecule has 3 saturated heterocycles. The van der Waals surface area contributed by atoms with E-state index in [4.69, 9.17) is 9.47 Å². The summed E-state index contributed by atoms with van der Waals surface area (Å²) in [5.41, 5.74) is 1.31. The van der Waals surface area contributed by atoms with Gasteiger partial charge in [0.2, 0.25) is 11.8 Å². The zero-order chi connectivity index (χ0) is 28.1. The Bertz CT molecular complexity index is 1340. The second-order valence-electron chi connectivity index (χ2n) is 11.7. The van der Waals surface area contributed by atoms with Crippen LogP contribution in [0.1, 0.15) is 46.1 Å². The average molecular weight is 546 g/mol. The Morgan fingerprint density at radius 2 is 1.87 bits per heavy atom. The third-order valence-electron chi connectivity index (χ3n) is 7.58. The maximum absolute atomic E-state index is 14.8. The highest BCUT2D eigenvalue weighted by Gasteiger charge is 2.37. The fourth-order valence-electron chi connectivity index (χ4n) is 5.60. The third-order valence-corrected chi connectivity index (χ3v) is 7.58. The molecule has 3 fully saturated rings. The van der Waals surface area contributed by atoms with Crippen LogP contribution in [0.25, 0.3) is 11.0 Å². The molecule has 0 radical (unpaired) electrons. The number of fused-ring (bicyclic) bond motifs is 1. The van der Waals surface area contributed by atoms with E-state index in [1.165, 1.54) is 9.47 Å². The number of carbonyl (C=O) groups excluding carboxylic acids is 3. The second kappa shape index (κ2) is 10.3. The Hall–Kier alpha value is -3.41. The summed E-state index contributed by atoms with van der Waals surface area (Å²) in [7, 11) is 1.68. The van der Waals surface area contributed by atoms with Crippen molar-refractivity contribution in [1.29, 1.82) is 0 Å². The lowest BCUT2D eigenvalue weighted by Crippen LogP contribution is -2.52. The average Bonchev–Trinajstić information content (AvgIpc) is 3.08. The predicted octanol–water partition coefficient (Wildman–Crippen LogP) is 2.12. The van der Waals surface area contributed by atoms with Crippen LogP contribution in [0.15, 0.2) is 23.0 Å². The van der Waals surface area contributed by atoms with Gasteiger partial charge >= 0.3 is 11.8 Å². The van der Waals surface area contributed by atoms with Crippen molar-refractivity contribution in [3.8, 4) is 0 Å². The number of alkyl halides is 1. The number of hydrogen-bond acceptors (Lipinski definition) is 7. The van der Waals surface area contributed by atoms with Gasteiger partial charge in [0, 0.05) is 39.0 Å². The number of aromatic nitrogens is 2. The molecule has 4 heterocycles. The Kier molecular flexibility index (Phi) is 7.17. The molecule has 12 heteroatoms. The summed E-state index contributed by atoms with van der Waals surface area (Å²) in [4.78, 5) is 53.0. The second-order valence-corrected chi connectivity index (χ2v) is 11.7. The lowest BCUT2D eigenvalue weighted by Gasteiger charge is -2.42. The van der Waals surface area contributed by atoms with Crippen molar-refractivity contribution in [2.45, 2.75) is 64.0 Å². The fraction of sp³-hybridized carbons (Fsp3) is 0.630. The zero-order valence-electron chi connectivity index (χ0n) is 22.8. The number of likely N-dealkylation sites (tertiary alicyclic amines) is 1. The number of benzene rings is 1. The van der Waals surface area contributed by atoms with E-state index in [0.717, 1.165) is 11.2 Å². The number of imide groups is 1. The highest BCUT2D eigenvalue weighted by Crippen LogP contribution is 2.33.